The van der Waals surface area contributed by atoms with E-state index in [0.717, 1.165) is 38.3 Å². The highest BCUT2D eigenvalue weighted by Gasteiger charge is 2.25. The van der Waals surface area contributed by atoms with E-state index in [4.69, 9.17) is 14.7 Å². The van der Waals surface area contributed by atoms with Gasteiger partial charge in [-0.2, -0.15) is 0 Å². The van der Waals surface area contributed by atoms with Gasteiger partial charge < -0.3 is 14.5 Å². The minimum Gasteiger partial charge on any atom is -0.465 e. The van der Waals surface area contributed by atoms with E-state index >= 15 is 0 Å². The van der Waals surface area contributed by atoms with Crippen LogP contribution in [0.15, 0.2) is 54.6 Å². The fraction of sp³-hybridized carbons (Fsp3) is 0.320. The highest BCUT2D eigenvalue weighted by molar-refractivity contribution is 5.97. The standard InChI is InChI=1S/C25H27N5O4/c1-28-13-15-29(16-14-28)12-11-21-22(25(31)34-2)23(19-9-6-10-20(17-19)30(32)33)27-24(26-21)18-7-4-3-5-8-18/h3-10,17H,11-16H2,1-2H3. The van der Waals surface area contributed by atoms with Crippen LogP contribution in [0.5, 0.6) is 0 Å². The van der Waals surface area contributed by atoms with Crippen molar-refractivity contribution < 1.29 is 14.5 Å². The van der Waals surface area contributed by atoms with Crippen molar-refractivity contribution in [1.29, 1.82) is 0 Å². The van der Waals surface area contributed by atoms with Gasteiger partial charge in [0, 0.05) is 62.4 Å². The van der Waals surface area contributed by atoms with Gasteiger partial charge in [-0.3, -0.25) is 10.1 Å². The van der Waals surface area contributed by atoms with Crippen LogP contribution < -0.4 is 0 Å². The van der Waals surface area contributed by atoms with E-state index in [1.54, 1.807) is 12.1 Å². The van der Waals surface area contributed by atoms with E-state index in [2.05, 4.69) is 16.8 Å². The second kappa shape index (κ2) is 10.5. The number of methoxy groups -OCH3 is 1. The molecule has 0 bridgehead atoms. The van der Waals surface area contributed by atoms with Crippen molar-refractivity contribution in [1.82, 2.24) is 19.8 Å². The third-order valence-electron chi connectivity index (χ3n) is 6.00. The maximum absolute atomic E-state index is 12.9. The van der Waals surface area contributed by atoms with Gasteiger partial charge in [0.2, 0.25) is 0 Å². The molecule has 9 nitrogen and oxygen atoms in total. The first-order valence-electron chi connectivity index (χ1n) is 11.2. The average molecular weight is 462 g/mol. The number of nitro groups is 1. The molecule has 3 aromatic rings. The van der Waals surface area contributed by atoms with Crippen LogP contribution >= 0.6 is 0 Å². The Hall–Kier alpha value is -3.69. The van der Waals surface area contributed by atoms with Crippen LogP contribution in [0.4, 0.5) is 5.69 Å². The van der Waals surface area contributed by atoms with Crippen LogP contribution in [-0.2, 0) is 11.2 Å². The monoisotopic (exact) mass is 461 g/mol. The third-order valence-corrected chi connectivity index (χ3v) is 6.00. The summed E-state index contributed by atoms with van der Waals surface area (Å²) in [5.41, 5.74) is 2.34. The van der Waals surface area contributed by atoms with Crippen LogP contribution in [0.1, 0.15) is 16.1 Å². The molecule has 1 aromatic heterocycles. The maximum atomic E-state index is 12.9. The molecular formula is C25H27N5O4. The van der Waals surface area contributed by atoms with Gasteiger partial charge in [-0.05, 0) is 7.05 Å². The number of hydrogen-bond donors (Lipinski definition) is 0. The van der Waals surface area contributed by atoms with E-state index in [1.165, 1.54) is 19.2 Å². The summed E-state index contributed by atoms with van der Waals surface area (Å²) in [6.45, 7) is 4.60. The summed E-state index contributed by atoms with van der Waals surface area (Å²) in [5.74, 6) is -0.0994. The van der Waals surface area contributed by atoms with Crippen LogP contribution in [-0.4, -0.2) is 77.5 Å². The first kappa shape index (κ1) is 23.5. The van der Waals surface area contributed by atoms with Gasteiger partial charge in [0.05, 0.1) is 23.4 Å². The maximum Gasteiger partial charge on any atom is 0.341 e. The lowest BCUT2D eigenvalue weighted by molar-refractivity contribution is -0.384. The van der Waals surface area contributed by atoms with Crippen molar-refractivity contribution in [3.8, 4) is 22.6 Å². The molecule has 1 saturated heterocycles. The quantitative estimate of drug-likeness (QED) is 0.300. The fourth-order valence-corrected chi connectivity index (χ4v) is 4.03. The summed E-state index contributed by atoms with van der Waals surface area (Å²) in [6, 6.07) is 15.6. The van der Waals surface area contributed by atoms with Crippen LogP contribution in [0.25, 0.3) is 22.6 Å². The molecule has 0 N–H and O–H groups in total. The lowest BCUT2D eigenvalue weighted by Gasteiger charge is -2.32. The molecule has 1 aliphatic rings. The number of non-ortho nitro benzene ring substituents is 1. The minimum absolute atomic E-state index is 0.0767. The molecule has 0 atom stereocenters. The number of aromatic nitrogens is 2. The molecule has 2 heterocycles. The topological polar surface area (TPSA) is 102 Å². The Balaban J connectivity index is 1.82. The van der Waals surface area contributed by atoms with E-state index in [-0.39, 0.29) is 11.3 Å². The fourth-order valence-electron chi connectivity index (χ4n) is 4.03. The van der Waals surface area contributed by atoms with Crippen molar-refractivity contribution in [2.45, 2.75) is 6.42 Å². The molecule has 1 aliphatic heterocycles. The molecule has 9 heteroatoms. The van der Waals surface area contributed by atoms with Crippen molar-refractivity contribution >= 4 is 11.7 Å². The van der Waals surface area contributed by atoms with Crippen LogP contribution in [0.2, 0.25) is 0 Å². The molecule has 1 fully saturated rings. The number of carbonyl (C=O) groups is 1. The second-order valence-electron chi connectivity index (χ2n) is 8.28. The van der Waals surface area contributed by atoms with E-state index in [0.29, 0.717) is 29.2 Å². The predicted molar refractivity (Wildman–Crippen MR) is 129 cm³/mol. The van der Waals surface area contributed by atoms with Gasteiger partial charge in [-0.25, -0.2) is 14.8 Å². The normalized spacial score (nSPS) is 14.6. The first-order valence-corrected chi connectivity index (χ1v) is 11.2. The zero-order valence-corrected chi connectivity index (χ0v) is 19.3. The number of piperazine rings is 1. The van der Waals surface area contributed by atoms with E-state index < -0.39 is 10.9 Å². The Labute approximate surface area is 198 Å². The van der Waals surface area contributed by atoms with Gasteiger partial charge >= 0.3 is 5.97 Å². The summed E-state index contributed by atoms with van der Waals surface area (Å²) in [7, 11) is 3.42. The van der Waals surface area contributed by atoms with Crippen molar-refractivity contribution in [2.75, 3.05) is 46.9 Å². The van der Waals surface area contributed by atoms with E-state index in [1.807, 2.05) is 30.3 Å². The molecule has 0 saturated carbocycles. The van der Waals surface area contributed by atoms with Gasteiger partial charge in [0.25, 0.3) is 5.69 Å². The average Bonchev–Trinajstić information content (AvgIpc) is 2.88. The SMILES string of the molecule is COC(=O)c1c(CCN2CCN(C)CC2)nc(-c2ccccc2)nc1-c1cccc([N+](=O)[O-])c1. The Bertz CT molecular complexity index is 1180. The minimum atomic E-state index is -0.561. The van der Waals surface area contributed by atoms with Crippen LogP contribution in [0, 0.1) is 10.1 Å². The molecule has 0 aliphatic carbocycles. The summed E-state index contributed by atoms with van der Waals surface area (Å²) in [4.78, 5) is 38.0. The number of esters is 1. The number of nitro benzene ring substituents is 1. The zero-order valence-electron chi connectivity index (χ0n) is 19.3. The Kier molecular flexibility index (Phi) is 7.24. The van der Waals surface area contributed by atoms with Gasteiger partial charge in [0.1, 0.15) is 5.56 Å². The number of carbonyl (C=O) groups excluding carboxylic acids is 1. The summed E-state index contributed by atoms with van der Waals surface area (Å²) in [6.07, 6.45) is 0.526. The van der Waals surface area contributed by atoms with Gasteiger partial charge in [0.15, 0.2) is 5.82 Å². The predicted octanol–water partition coefficient (Wildman–Crippen LogP) is 3.30. The summed E-state index contributed by atoms with van der Waals surface area (Å²) in [5, 5.41) is 11.4. The number of hydrogen-bond acceptors (Lipinski definition) is 8. The molecule has 34 heavy (non-hydrogen) atoms. The van der Waals surface area contributed by atoms with E-state index in [9.17, 15) is 14.9 Å². The highest BCUT2D eigenvalue weighted by Crippen LogP contribution is 2.30. The number of rotatable bonds is 7. The van der Waals surface area contributed by atoms with Gasteiger partial charge in [-0.1, -0.05) is 42.5 Å². The highest BCUT2D eigenvalue weighted by atomic mass is 16.6. The molecular weight excluding hydrogens is 434 g/mol. The first-order chi connectivity index (χ1) is 16.5. The second-order valence-corrected chi connectivity index (χ2v) is 8.28. The number of likely N-dealkylation sites (N-methyl/N-ethyl adjacent to an activating group) is 1. The zero-order chi connectivity index (χ0) is 24.1. The largest absolute Gasteiger partial charge is 0.465 e. The smallest absolute Gasteiger partial charge is 0.341 e. The Morgan fingerprint density at radius 3 is 2.41 bits per heavy atom. The molecule has 0 amide bonds. The van der Waals surface area contributed by atoms with Crippen LogP contribution in [0.3, 0.4) is 0 Å². The molecule has 2 aromatic carbocycles. The molecule has 4 rings (SSSR count). The lowest BCUT2D eigenvalue weighted by atomic mass is 10.0. The van der Waals surface area contributed by atoms with Crippen molar-refractivity contribution in [3.05, 3.63) is 76.0 Å². The Morgan fingerprint density at radius 2 is 1.74 bits per heavy atom. The number of ether oxygens (including phenoxy) is 1. The molecule has 176 valence electrons. The summed E-state index contributed by atoms with van der Waals surface area (Å²) >= 11 is 0. The van der Waals surface area contributed by atoms with Crippen molar-refractivity contribution in [2.24, 2.45) is 0 Å². The summed E-state index contributed by atoms with van der Waals surface area (Å²) < 4.78 is 5.10. The third kappa shape index (κ3) is 5.27. The molecule has 0 spiro atoms. The Morgan fingerprint density at radius 1 is 1.03 bits per heavy atom. The lowest BCUT2D eigenvalue weighted by Crippen LogP contribution is -2.45. The van der Waals surface area contributed by atoms with Crippen molar-refractivity contribution in [3.63, 3.8) is 0 Å². The number of nitrogens with zero attached hydrogens (tertiary/aromatic N) is 5. The number of benzene rings is 2. The molecule has 0 unspecified atom stereocenters. The molecule has 0 radical (unpaired) electrons. The van der Waals surface area contributed by atoms with Gasteiger partial charge in [-0.15, -0.1) is 0 Å².